The van der Waals surface area contributed by atoms with Crippen molar-refractivity contribution in [3.8, 4) is 0 Å². The van der Waals surface area contributed by atoms with Gasteiger partial charge in [-0.25, -0.2) is 0 Å². The van der Waals surface area contributed by atoms with Crippen molar-refractivity contribution in [1.82, 2.24) is 4.90 Å². The molecule has 6 heteroatoms. The second-order valence-electron chi connectivity index (χ2n) is 4.05. The van der Waals surface area contributed by atoms with Crippen molar-refractivity contribution >= 4 is 17.5 Å². The second kappa shape index (κ2) is 5.61. The molecule has 2 nitrogen and oxygen atoms in total. The lowest BCUT2D eigenvalue weighted by Gasteiger charge is -2.19. The van der Waals surface area contributed by atoms with E-state index in [1.165, 1.54) is 24.1 Å². The number of alkyl halides is 4. The van der Waals surface area contributed by atoms with Gasteiger partial charge in [-0.15, -0.1) is 11.6 Å². The molecule has 1 rings (SSSR count). The van der Waals surface area contributed by atoms with Gasteiger partial charge in [0.25, 0.3) is 5.91 Å². The first-order valence-electron chi connectivity index (χ1n) is 5.28. The average molecular weight is 280 g/mol. The Bertz CT molecular complexity index is 432. The molecule has 1 amide bonds. The summed E-state index contributed by atoms with van der Waals surface area (Å²) < 4.78 is 37.5. The molecule has 0 saturated carbocycles. The van der Waals surface area contributed by atoms with Gasteiger partial charge in [0.2, 0.25) is 0 Å². The number of hydrogen-bond acceptors (Lipinski definition) is 1. The van der Waals surface area contributed by atoms with E-state index in [1.54, 1.807) is 6.92 Å². The molecule has 0 N–H and O–H groups in total. The van der Waals surface area contributed by atoms with Crippen molar-refractivity contribution in [3.63, 3.8) is 0 Å². The molecule has 18 heavy (non-hydrogen) atoms. The van der Waals surface area contributed by atoms with E-state index in [2.05, 4.69) is 0 Å². The molecular formula is C12H13ClF3NO. The van der Waals surface area contributed by atoms with Crippen LogP contribution in [-0.2, 0) is 6.18 Å². The maximum atomic E-state index is 12.5. The topological polar surface area (TPSA) is 20.3 Å². The third-order valence-corrected chi connectivity index (χ3v) is 2.45. The minimum atomic E-state index is -4.45. The predicted octanol–water partition coefficient (Wildman–Crippen LogP) is 3.40. The van der Waals surface area contributed by atoms with Gasteiger partial charge >= 0.3 is 6.18 Å². The molecule has 0 aliphatic rings. The third kappa shape index (κ3) is 3.91. The van der Waals surface area contributed by atoms with Crippen LogP contribution in [0.3, 0.4) is 0 Å². The van der Waals surface area contributed by atoms with Gasteiger partial charge in [-0.3, -0.25) is 4.79 Å². The zero-order valence-electron chi connectivity index (χ0n) is 9.96. The van der Waals surface area contributed by atoms with Crippen LogP contribution >= 0.6 is 11.6 Å². The average Bonchev–Trinajstić information content (AvgIpc) is 2.26. The largest absolute Gasteiger partial charge is 0.416 e. The summed E-state index contributed by atoms with van der Waals surface area (Å²) in [6.07, 6.45) is -4.45. The van der Waals surface area contributed by atoms with E-state index in [-0.39, 0.29) is 17.5 Å². The number of halogens is 4. The lowest BCUT2D eigenvalue weighted by atomic mass is 10.1. The van der Waals surface area contributed by atoms with Crippen LogP contribution in [0.25, 0.3) is 0 Å². The van der Waals surface area contributed by atoms with Gasteiger partial charge in [0.05, 0.1) is 5.56 Å². The summed E-state index contributed by atoms with van der Waals surface area (Å²) in [4.78, 5) is 13.2. The molecule has 1 unspecified atom stereocenters. The summed E-state index contributed by atoms with van der Waals surface area (Å²) in [5.41, 5.74) is -0.828. The van der Waals surface area contributed by atoms with Crippen LogP contribution in [0, 0.1) is 0 Å². The highest BCUT2D eigenvalue weighted by molar-refractivity contribution is 6.20. The SMILES string of the molecule is CC(Cl)CN(C)C(=O)c1cccc(C(F)(F)F)c1. The molecule has 0 fully saturated rings. The molecule has 0 bridgehead atoms. The third-order valence-electron chi connectivity index (χ3n) is 2.31. The van der Waals surface area contributed by atoms with E-state index < -0.39 is 17.6 Å². The lowest BCUT2D eigenvalue weighted by molar-refractivity contribution is -0.137. The molecule has 0 radical (unpaired) electrons. The fourth-order valence-corrected chi connectivity index (χ4v) is 1.72. The van der Waals surface area contributed by atoms with Gasteiger partial charge in [0.15, 0.2) is 0 Å². The molecule has 1 atom stereocenters. The normalized spacial score (nSPS) is 13.2. The zero-order chi connectivity index (χ0) is 13.9. The quantitative estimate of drug-likeness (QED) is 0.777. The van der Waals surface area contributed by atoms with E-state index in [9.17, 15) is 18.0 Å². The number of hydrogen-bond donors (Lipinski definition) is 0. The van der Waals surface area contributed by atoms with E-state index in [0.717, 1.165) is 12.1 Å². The van der Waals surface area contributed by atoms with Gasteiger partial charge < -0.3 is 4.90 Å². The van der Waals surface area contributed by atoms with E-state index in [1.807, 2.05) is 0 Å². The minimum Gasteiger partial charge on any atom is -0.340 e. The van der Waals surface area contributed by atoms with Crippen LogP contribution in [0.15, 0.2) is 24.3 Å². The van der Waals surface area contributed by atoms with Crippen LogP contribution < -0.4 is 0 Å². The summed E-state index contributed by atoms with van der Waals surface area (Å²) in [5.74, 6) is -0.478. The maximum absolute atomic E-state index is 12.5. The lowest BCUT2D eigenvalue weighted by Crippen LogP contribution is -2.31. The summed E-state index contributed by atoms with van der Waals surface area (Å²) >= 11 is 5.73. The molecule has 0 heterocycles. The molecule has 1 aromatic carbocycles. The number of amides is 1. The number of carbonyl (C=O) groups is 1. The van der Waals surface area contributed by atoms with Crippen molar-refractivity contribution < 1.29 is 18.0 Å². The Morgan fingerprint density at radius 2 is 2.06 bits per heavy atom. The summed E-state index contributed by atoms with van der Waals surface area (Å²) in [6.45, 7) is 1.98. The first kappa shape index (κ1) is 14.8. The van der Waals surface area contributed by atoms with Gasteiger partial charge in [0.1, 0.15) is 0 Å². The number of rotatable bonds is 3. The van der Waals surface area contributed by atoms with Gasteiger partial charge in [-0.1, -0.05) is 6.07 Å². The zero-order valence-corrected chi connectivity index (χ0v) is 10.7. The Morgan fingerprint density at radius 1 is 1.44 bits per heavy atom. The Balaban J connectivity index is 2.93. The highest BCUT2D eigenvalue weighted by Gasteiger charge is 2.31. The summed E-state index contributed by atoms with van der Waals surface area (Å²) in [7, 11) is 1.50. The first-order valence-corrected chi connectivity index (χ1v) is 5.72. The van der Waals surface area contributed by atoms with Crippen molar-refractivity contribution in [3.05, 3.63) is 35.4 Å². The van der Waals surface area contributed by atoms with Crippen molar-refractivity contribution in [2.45, 2.75) is 18.5 Å². The number of nitrogens with zero attached hydrogens (tertiary/aromatic N) is 1. The molecule has 0 aliphatic heterocycles. The van der Waals surface area contributed by atoms with Crippen molar-refractivity contribution in [2.24, 2.45) is 0 Å². The molecule has 0 saturated heterocycles. The summed E-state index contributed by atoms with van der Waals surface area (Å²) in [6, 6.07) is 4.35. The Morgan fingerprint density at radius 3 is 2.56 bits per heavy atom. The Kier molecular flexibility index (Phi) is 4.62. The van der Waals surface area contributed by atoms with E-state index >= 15 is 0 Å². The highest BCUT2D eigenvalue weighted by atomic mass is 35.5. The molecule has 1 aromatic rings. The number of benzene rings is 1. The molecular weight excluding hydrogens is 267 g/mol. The van der Waals surface area contributed by atoms with Gasteiger partial charge in [-0.2, -0.15) is 13.2 Å². The molecule has 0 spiro atoms. The Labute approximate surface area is 108 Å². The van der Waals surface area contributed by atoms with Crippen molar-refractivity contribution in [2.75, 3.05) is 13.6 Å². The molecule has 0 aliphatic carbocycles. The summed E-state index contributed by atoms with van der Waals surface area (Å²) in [5, 5.41) is -0.259. The first-order chi connectivity index (χ1) is 8.21. The van der Waals surface area contributed by atoms with Crippen LogP contribution in [0.5, 0.6) is 0 Å². The van der Waals surface area contributed by atoms with E-state index in [0.29, 0.717) is 0 Å². The monoisotopic (exact) mass is 279 g/mol. The Hall–Kier alpha value is -1.23. The minimum absolute atomic E-state index is 0.00430. The second-order valence-corrected chi connectivity index (χ2v) is 4.79. The van der Waals surface area contributed by atoms with Crippen molar-refractivity contribution in [1.29, 1.82) is 0 Å². The molecule has 0 aromatic heterocycles. The smallest absolute Gasteiger partial charge is 0.340 e. The fourth-order valence-electron chi connectivity index (χ4n) is 1.51. The fraction of sp³-hybridized carbons (Fsp3) is 0.417. The standard InChI is InChI=1S/C12H13ClF3NO/c1-8(13)7-17(2)11(18)9-4-3-5-10(6-9)12(14,15)16/h3-6,8H,7H2,1-2H3. The van der Waals surface area contributed by atoms with Gasteiger partial charge in [0, 0.05) is 24.5 Å². The van der Waals surface area contributed by atoms with Crippen LogP contribution in [0.1, 0.15) is 22.8 Å². The van der Waals surface area contributed by atoms with Crippen LogP contribution in [0.4, 0.5) is 13.2 Å². The molecule has 100 valence electrons. The number of carbonyl (C=O) groups excluding carboxylic acids is 1. The predicted molar refractivity (Wildman–Crippen MR) is 63.7 cm³/mol. The highest BCUT2D eigenvalue weighted by Crippen LogP contribution is 2.29. The van der Waals surface area contributed by atoms with Crippen LogP contribution in [-0.4, -0.2) is 29.8 Å². The maximum Gasteiger partial charge on any atom is 0.416 e. The van der Waals surface area contributed by atoms with Gasteiger partial charge in [-0.05, 0) is 25.1 Å². The van der Waals surface area contributed by atoms with Crippen LogP contribution in [0.2, 0.25) is 0 Å². The van der Waals surface area contributed by atoms with E-state index in [4.69, 9.17) is 11.6 Å².